The highest BCUT2D eigenvalue weighted by atomic mass is 35.5. The Hall–Kier alpha value is -2.04. The van der Waals surface area contributed by atoms with Gasteiger partial charge in [0.2, 0.25) is 21.8 Å². The van der Waals surface area contributed by atoms with Crippen LogP contribution in [0, 0.1) is 5.92 Å². The minimum absolute atomic E-state index is 0.106. The first kappa shape index (κ1) is 15.8. The van der Waals surface area contributed by atoms with Gasteiger partial charge in [-0.2, -0.15) is 5.21 Å². The number of amides is 1. The zero-order valence-electron chi connectivity index (χ0n) is 11.8. The van der Waals surface area contributed by atoms with Crippen molar-refractivity contribution in [3.8, 4) is 11.4 Å². The summed E-state index contributed by atoms with van der Waals surface area (Å²) in [4.78, 5) is 13.8. The monoisotopic (exact) mass is 356 g/mol. The highest BCUT2D eigenvalue weighted by Crippen LogP contribution is 2.35. The molecule has 0 bridgehead atoms. The van der Waals surface area contributed by atoms with Crippen LogP contribution < -0.4 is 10.0 Å². The number of hydrogen-bond donors (Lipinski definition) is 2. The van der Waals surface area contributed by atoms with Crippen molar-refractivity contribution in [2.45, 2.75) is 6.42 Å². The molecule has 1 amide bonds. The molecule has 1 saturated heterocycles. The molecule has 1 atom stereocenters. The number of nitrogens with zero attached hydrogens (tertiary/aromatic N) is 4. The molecule has 1 aromatic heterocycles. The van der Waals surface area contributed by atoms with E-state index in [0.717, 1.165) is 0 Å². The predicted octanol–water partition coefficient (Wildman–Crippen LogP) is 0.162. The lowest BCUT2D eigenvalue weighted by atomic mass is 10.1. The van der Waals surface area contributed by atoms with Crippen LogP contribution in [-0.4, -0.2) is 47.2 Å². The van der Waals surface area contributed by atoms with Crippen molar-refractivity contribution in [1.82, 2.24) is 20.6 Å². The van der Waals surface area contributed by atoms with E-state index >= 15 is 0 Å². The number of anilines is 1. The Morgan fingerprint density at radius 2 is 2.22 bits per heavy atom. The number of sulfonamides is 1. The Labute approximate surface area is 136 Å². The fourth-order valence-corrected chi connectivity index (χ4v) is 3.69. The SMILES string of the molecule is NS(=O)(=O)CC1CC(=O)N(c2cc(Cl)ccc2-c2nn[nH]n2)C1. The standard InChI is InChI=1S/C12H13ClN6O3S/c13-8-1-2-9(12-15-17-18-16-12)10(4-8)19-5-7(3-11(19)20)6-23(14,21)22/h1-2,4,7H,3,5-6H2,(H2,14,21,22)(H,15,16,17,18). The molecule has 2 heterocycles. The minimum atomic E-state index is -3.64. The molecule has 1 unspecified atom stereocenters. The molecular formula is C12H13ClN6O3S. The highest BCUT2D eigenvalue weighted by Gasteiger charge is 2.34. The Morgan fingerprint density at radius 3 is 2.87 bits per heavy atom. The third-order valence-corrected chi connectivity index (χ3v) is 4.68. The van der Waals surface area contributed by atoms with E-state index in [1.54, 1.807) is 18.2 Å². The van der Waals surface area contributed by atoms with E-state index in [2.05, 4.69) is 20.6 Å². The summed E-state index contributed by atoms with van der Waals surface area (Å²) >= 11 is 6.03. The van der Waals surface area contributed by atoms with Crippen molar-refractivity contribution in [2.75, 3.05) is 17.2 Å². The van der Waals surface area contributed by atoms with Crippen LogP contribution in [0.2, 0.25) is 5.02 Å². The zero-order chi connectivity index (χ0) is 16.6. The molecule has 3 N–H and O–H groups in total. The fraction of sp³-hybridized carbons (Fsp3) is 0.333. The molecular weight excluding hydrogens is 344 g/mol. The van der Waals surface area contributed by atoms with E-state index in [-0.39, 0.29) is 30.5 Å². The first-order valence-corrected chi connectivity index (χ1v) is 8.77. The molecule has 1 aromatic carbocycles. The quantitative estimate of drug-likeness (QED) is 0.801. The van der Waals surface area contributed by atoms with Gasteiger partial charge in [0.05, 0.1) is 11.4 Å². The summed E-state index contributed by atoms with van der Waals surface area (Å²) in [5.74, 6) is -0.493. The number of carbonyl (C=O) groups excluding carboxylic acids is 1. The van der Waals surface area contributed by atoms with Gasteiger partial charge in [-0.3, -0.25) is 4.79 Å². The molecule has 0 spiro atoms. The Balaban J connectivity index is 1.95. The van der Waals surface area contributed by atoms with E-state index in [1.807, 2.05) is 0 Å². The number of tetrazole rings is 1. The van der Waals surface area contributed by atoms with Gasteiger partial charge in [0.1, 0.15) is 0 Å². The zero-order valence-corrected chi connectivity index (χ0v) is 13.4. The topological polar surface area (TPSA) is 135 Å². The number of primary sulfonamides is 1. The Morgan fingerprint density at radius 1 is 1.43 bits per heavy atom. The highest BCUT2D eigenvalue weighted by molar-refractivity contribution is 7.89. The van der Waals surface area contributed by atoms with Crippen molar-refractivity contribution in [3.63, 3.8) is 0 Å². The normalized spacial score (nSPS) is 18.6. The summed E-state index contributed by atoms with van der Waals surface area (Å²) < 4.78 is 22.5. The number of nitrogens with two attached hydrogens (primary N) is 1. The average molecular weight is 357 g/mol. The summed E-state index contributed by atoms with van der Waals surface area (Å²) in [5.41, 5.74) is 1.09. The van der Waals surface area contributed by atoms with E-state index in [4.69, 9.17) is 16.7 Å². The van der Waals surface area contributed by atoms with Gasteiger partial charge in [-0.05, 0) is 23.4 Å². The fourth-order valence-electron chi connectivity index (χ4n) is 2.65. The van der Waals surface area contributed by atoms with E-state index in [0.29, 0.717) is 22.1 Å². The van der Waals surface area contributed by atoms with Gasteiger partial charge in [-0.1, -0.05) is 11.6 Å². The molecule has 0 saturated carbocycles. The van der Waals surface area contributed by atoms with Crippen LogP contribution in [0.25, 0.3) is 11.4 Å². The lowest BCUT2D eigenvalue weighted by molar-refractivity contribution is -0.117. The van der Waals surface area contributed by atoms with Crippen LogP contribution in [0.3, 0.4) is 0 Å². The lowest BCUT2D eigenvalue weighted by Crippen LogP contribution is -2.28. The summed E-state index contributed by atoms with van der Waals surface area (Å²) in [6.07, 6.45) is 0.106. The lowest BCUT2D eigenvalue weighted by Gasteiger charge is -2.19. The third-order valence-electron chi connectivity index (χ3n) is 3.51. The van der Waals surface area contributed by atoms with Crippen molar-refractivity contribution in [2.24, 2.45) is 11.1 Å². The first-order chi connectivity index (χ1) is 10.8. The molecule has 11 heteroatoms. The number of rotatable bonds is 4. The Kier molecular flexibility index (Phi) is 4.04. The number of aromatic nitrogens is 4. The third kappa shape index (κ3) is 3.49. The average Bonchev–Trinajstić information content (AvgIpc) is 3.06. The summed E-state index contributed by atoms with van der Waals surface area (Å²) in [6.45, 7) is 0.237. The molecule has 3 rings (SSSR count). The molecule has 9 nitrogen and oxygen atoms in total. The maximum absolute atomic E-state index is 12.3. The van der Waals surface area contributed by atoms with Gasteiger partial charge in [0.25, 0.3) is 0 Å². The largest absolute Gasteiger partial charge is 0.311 e. The maximum Gasteiger partial charge on any atom is 0.227 e. The van der Waals surface area contributed by atoms with Gasteiger partial charge in [-0.25, -0.2) is 13.6 Å². The molecule has 2 aromatic rings. The molecule has 122 valence electrons. The van der Waals surface area contributed by atoms with E-state index < -0.39 is 10.0 Å². The molecule has 1 aliphatic heterocycles. The Bertz CT molecular complexity index is 838. The first-order valence-electron chi connectivity index (χ1n) is 6.68. The van der Waals surface area contributed by atoms with Gasteiger partial charge in [-0.15, -0.1) is 10.2 Å². The number of benzene rings is 1. The van der Waals surface area contributed by atoms with Crippen LogP contribution in [0.1, 0.15) is 6.42 Å². The number of carbonyl (C=O) groups is 1. The van der Waals surface area contributed by atoms with Crippen LogP contribution in [0.15, 0.2) is 18.2 Å². The number of nitrogens with one attached hydrogen (secondary N) is 1. The van der Waals surface area contributed by atoms with Crippen LogP contribution >= 0.6 is 11.6 Å². The van der Waals surface area contributed by atoms with Crippen molar-refractivity contribution < 1.29 is 13.2 Å². The number of H-pyrrole nitrogens is 1. The number of aromatic amines is 1. The molecule has 23 heavy (non-hydrogen) atoms. The van der Waals surface area contributed by atoms with Crippen LogP contribution in [0.5, 0.6) is 0 Å². The summed E-state index contributed by atoms with van der Waals surface area (Å²) in [6, 6.07) is 4.95. The summed E-state index contributed by atoms with van der Waals surface area (Å²) in [5, 5.41) is 19.2. The summed E-state index contributed by atoms with van der Waals surface area (Å²) in [7, 11) is -3.64. The van der Waals surface area contributed by atoms with E-state index in [9.17, 15) is 13.2 Å². The minimum Gasteiger partial charge on any atom is -0.311 e. The van der Waals surface area contributed by atoms with E-state index in [1.165, 1.54) is 4.90 Å². The second-order valence-corrected chi connectivity index (χ2v) is 7.40. The van der Waals surface area contributed by atoms with Gasteiger partial charge in [0.15, 0.2) is 0 Å². The molecule has 0 radical (unpaired) electrons. The maximum atomic E-state index is 12.3. The van der Waals surface area contributed by atoms with Gasteiger partial charge < -0.3 is 4.90 Å². The van der Waals surface area contributed by atoms with Crippen molar-refractivity contribution in [1.29, 1.82) is 0 Å². The second-order valence-electron chi connectivity index (χ2n) is 5.30. The predicted molar refractivity (Wildman–Crippen MR) is 83.1 cm³/mol. The van der Waals surface area contributed by atoms with Crippen molar-refractivity contribution >= 4 is 33.2 Å². The van der Waals surface area contributed by atoms with Gasteiger partial charge >= 0.3 is 0 Å². The molecule has 1 aliphatic rings. The molecule has 1 fully saturated rings. The smallest absolute Gasteiger partial charge is 0.227 e. The molecule has 0 aliphatic carbocycles. The van der Waals surface area contributed by atoms with Crippen molar-refractivity contribution in [3.05, 3.63) is 23.2 Å². The van der Waals surface area contributed by atoms with Gasteiger partial charge in [0, 0.05) is 29.5 Å². The van der Waals surface area contributed by atoms with Crippen LogP contribution in [0.4, 0.5) is 5.69 Å². The number of hydrogen-bond acceptors (Lipinski definition) is 6. The number of halogens is 1. The van der Waals surface area contributed by atoms with Crippen LogP contribution in [-0.2, 0) is 14.8 Å². The second kappa shape index (κ2) is 5.87.